The highest BCUT2D eigenvalue weighted by atomic mass is 16.5. The maximum Gasteiger partial charge on any atom is 0.341 e. The fraction of sp³-hybridized carbons (Fsp3) is 0.417. The SMILES string of the molecule is CCOc1nc(C2=NN(c3ccc(C#N)c(C)c3)C(C3CCCC3)C2)ccc1C(=O)O. The summed E-state index contributed by atoms with van der Waals surface area (Å²) in [5, 5.41) is 25.7. The molecule has 1 atom stereocenters. The van der Waals surface area contributed by atoms with Crippen LogP contribution in [0.2, 0.25) is 0 Å². The predicted octanol–water partition coefficient (Wildman–Crippen LogP) is 4.53. The third kappa shape index (κ3) is 4.11. The fourth-order valence-corrected chi connectivity index (χ4v) is 4.57. The molecule has 2 aromatic rings. The number of hydrogen-bond acceptors (Lipinski definition) is 6. The number of carbonyl (C=O) groups is 1. The molecule has 1 unspecified atom stereocenters. The fourth-order valence-electron chi connectivity index (χ4n) is 4.57. The van der Waals surface area contributed by atoms with Crippen molar-refractivity contribution in [2.75, 3.05) is 11.6 Å². The van der Waals surface area contributed by atoms with E-state index >= 15 is 0 Å². The van der Waals surface area contributed by atoms with Crippen molar-refractivity contribution < 1.29 is 14.6 Å². The van der Waals surface area contributed by atoms with Crippen LogP contribution in [0.3, 0.4) is 0 Å². The number of ether oxygens (including phenoxy) is 1. The van der Waals surface area contributed by atoms with Crippen molar-refractivity contribution in [1.82, 2.24) is 4.98 Å². The highest BCUT2D eigenvalue weighted by molar-refractivity contribution is 6.02. The summed E-state index contributed by atoms with van der Waals surface area (Å²) in [6.45, 7) is 4.08. The van der Waals surface area contributed by atoms with E-state index in [1.54, 1.807) is 13.0 Å². The number of aromatic carboxylic acids is 1. The van der Waals surface area contributed by atoms with Gasteiger partial charge < -0.3 is 9.84 Å². The van der Waals surface area contributed by atoms with Crippen molar-refractivity contribution in [3.8, 4) is 11.9 Å². The molecule has 7 heteroatoms. The Balaban J connectivity index is 1.72. The molecular formula is C24H26N4O3. The average molecular weight is 418 g/mol. The molecule has 1 N–H and O–H groups in total. The minimum absolute atomic E-state index is 0.0520. The normalized spacial score (nSPS) is 18.7. The van der Waals surface area contributed by atoms with Gasteiger partial charge in [0.25, 0.3) is 0 Å². The second kappa shape index (κ2) is 8.76. The number of carboxylic acids is 1. The van der Waals surface area contributed by atoms with E-state index in [4.69, 9.17) is 9.84 Å². The average Bonchev–Trinajstić information content (AvgIpc) is 3.43. The smallest absolute Gasteiger partial charge is 0.341 e. The number of aromatic nitrogens is 1. The van der Waals surface area contributed by atoms with E-state index in [0.29, 0.717) is 23.8 Å². The lowest BCUT2D eigenvalue weighted by atomic mass is 9.92. The number of aryl methyl sites for hydroxylation is 1. The van der Waals surface area contributed by atoms with Crippen LogP contribution >= 0.6 is 0 Å². The summed E-state index contributed by atoms with van der Waals surface area (Å²) in [6, 6.07) is 11.5. The van der Waals surface area contributed by atoms with Crippen molar-refractivity contribution in [2.45, 2.75) is 52.0 Å². The van der Waals surface area contributed by atoms with E-state index in [9.17, 15) is 15.2 Å². The molecular weight excluding hydrogens is 392 g/mol. The van der Waals surface area contributed by atoms with E-state index in [0.717, 1.165) is 23.4 Å². The molecule has 31 heavy (non-hydrogen) atoms. The van der Waals surface area contributed by atoms with Gasteiger partial charge in [-0.15, -0.1) is 0 Å². The largest absolute Gasteiger partial charge is 0.477 e. The Hall–Kier alpha value is -3.40. The molecule has 0 radical (unpaired) electrons. The summed E-state index contributed by atoms with van der Waals surface area (Å²) in [6.07, 6.45) is 5.56. The van der Waals surface area contributed by atoms with Crippen LogP contribution < -0.4 is 9.75 Å². The van der Waals surface area contributed by atoms with E-state index in [2.05, 4.69) is 16.1 Å². The number of hydrazone groups is 1. The molecule has 0 saturated heterocycles. The van der Waals surface area contributed by atoms with Crippen molar-refractivity contribution in [3.63, 3.8) is 0 Å². The van der Waals surface area contributed by atoms with Crippen molar-refractivity contribution in [3.05, 3.63) is 52.7 Å². The van der Waals surface area contributed by atoms with Gasteiger partial charge in [-0.2, -0.15) is 10.4 Å². The molecule has 4 rings (SSSR count). The van der Waals surface area contributed by atoms with E-state index in [-0.39, 0.29) is 17.5 Å². The van der Waals surface area contributed by atoms with Gasteiger partial charge >= 0.3 is 5.97 Å². The summed E-state index contributed by atoms with van der Waals surface area (Å²) in [7, 11) is 0. The van der Waals surface area contributed by atoms with Gasteiger partial charge in [0, 0.05) is 6.42 Å². The molecule has 1 saturated carbocycles. The molecule has 1 aliphatic carbocycles. The highest BCUT2D eigenvalue weighted by Gasteiger charge is 2.36. The number of rotatable bonds is 6. The van der Waals surface area contributed by atoms with Crippen molar-refractivity contribution in [2.24, 2.45) is 11.0 Å². The first-order chi connectivity index (χ1) is 15.0. The zero-order valence-electron chi connectivity index (χ0n) is 17.8. The Morgan fingerprint density at radius 1 is 1.29 bits per heavy atom. The molecule has 7 nitrogen and oxygen atoms in total. The van der Waals surface area contributed by atoms with Crippen LogP contribution in [0.15, 0.2) is 35.4 Å². The summed E-state index contributed by atoms with van der Waals surface area (Å²) in [5.74, 6) is -0.392. The van der Waals surface area contributed by atoms with Gasteiger partial charge in [0.15, 0.2) is 0 Å². The first kappa shape index (κ1) is 20.9. The zero-order chi connectivity index (χ0) is 22.0. The van der Waals surface area contributed by atoms with E-state index in [1.165, 1.54) is 31.7 Å². The molecule has 0 amide bonds. The highest BCUT2D eigenvalue weighted by Crippen LogP contribution is 2.38. The van der Waals surface area contributed by atoms with E-state index < -0.39 is 5.97 Å². The molecule has 160 valence electrons. The predicted molar refractivity (Wildman–Crippen MR) is 118 cm³/mol. The molecule has 1 aromatic heterocycles. The number of hydrogen-bond donors (Lipinski definition) is 1. The molecule has 1 fully saturated rings. The third-order valence-corrected chi connectivity index (χ3v) is 6.15. The van der Waals surface area contributed by atoms with Crippen LogP contribution in [-0.4, -0.2) is 34.4 Å². The minimum Gasteiger partial charge on any atom is -0.477 e. The number of nitrogens with zero attached hydrogens (tertiary/aromatic N) is 4. The van der Waals surface area contributed by atoms with Crippen LogP contribution in [0.5, 0.6) is 5.88 Å². The molecule has 0 spiro atoms. The lowest BCUT2D eigenvalue weighted by Gasteiger charge is -2.28. The number of carboxylic acid groups (broad SMARTS) is 1. The number of pyridine rings is 1. The number of anilines is 1. The second-order valence-electron chi connectivity index (χ2n) is 8.11. The Bertz CT molecular complexity index is 1070. The number of nitriles is 1. The lowest BCUT2D eigenvalue weighted by Crippen LogP contribution is -2.32. The lowest BCUT2D eigenvalue weighted by molar-refractivity contribution is 0.0691. The Morgan fingerprint density at radius 2 is 2.06 bits per heavy atom. The molecule has 1 aromatic carbocycles. The topological polar surface area (TPSA) is 98.8 Å². The maximum absolute atomic E-state index is 11.5. The van der Waals surface area contributed by atoms with Crippen molar-refractivity contribution in [1.29, 1.82) is 5.26 Å². The minimum atomic E-state index is -1.06. The van der Waals surface area contributed by atoms with Crippen LogP contribution in [0, 0.1) is 24.2 Å². The third-order valence-electron chi connectivity index (χ3n) is 6.15. The molecule has 2 aliphatic rings. The molecule has 1 aliphatic heterocycles. The van der Waals surface area contributed by atoms with Crippen LogP contribution in [0.1, 0.15) is 66.2 Å². The van der Waals surface area contributed by atoms with Gasteiger partial charge in [-0.3, -0.25) is 5.01 Å². The quantitative estimate of drug-likeness (QED) is 0.740. The van der Waals surface area contributed by atoms with Crippen LogP contribution in [0.4, 0.5) is 5.69 Å². The second-order valence-corrected chi connectivity index (χ2v) is 8.11. The Morgan fingerprint density at radius 3 is 2.71 bits per heavy atom. The van der Waals surface area contributed by atoms with E-state index in [1.807, 2.05) is 25.1 Å². The van der Waals surface area contributed by atoms with Gasteiger partial charge in [0.05, 0.1) is 41.4 Å². The first-order valence-corrected chi connectivity index (χ1v) is 10.8. The molecule has 0 bridgehead atoms. The maximum atomic E-state index is 11.5. The van der Waals surface area contributed by atoms with Crippen molar-refractivity contribution >= 4 is 17.4 Å². The Labute approximate surface area is 182 Å². The monoisotopic (exact) mass is 418 g/mol. The summed E-state index contributed by atoms with van der Waals surface area (Å²) < 4.78 is 5.49. The summed E-state index contributed by atoms with van der Waals surface area (Å²) in [4.78, 5) is 16.0. The van der Waals surface area contributed by atoms with Gasteiger partial charge in [-0.05, 0) is 68.5 Å². The van der Waals surface area contributed by atoms with Crippen LogP contribution in [-0.2, 0) is 0 Å². The van der Waals surface area contributed by atoms with Gasteiger partial charge in [-0.1, -0.05) is 12.8 Å². The standard InChI is InChI=1S/C24H26N4O3/c1-3-31-23-19(24(29)30)10-11-20(26-23)21-13-22(16-6-4-5-7-16)28(27-21)18-9-8-17(14-25)15(2)12-18/h8-12,16,22H,3-7,13H2,1-2H3,(H,29,30). The van der Waals surface area contributed by atoms with Crippen LogP contribution in [0.25, 0.3) is 0 Å². The number of benzene rings is 1. The van der Waals surface area contributed by atoms with Gasteiger partial charge in [0.1, 0.15) is 5.56 Å². The van der Waals surface area contributed by atoms with Gasteiger partial charge in [-0.25, -0.2) is 9.78 Å². The van der Waals surface area contributed by atoms with Gasteiger partial charge in [0.2, 0.25) is 5.88 Å². The molecule has 2 heterocycles. The summed E-state index contributed by atoms with van der Waals surface area (Å²) in [5.41, 5.74) is 4.08. The zero-order valence-corrected chi connectivity index (χ0v) is 17.8. The Kier molecular flexibility index (Phi) is 5.90. The first-order valence-electron chi connectivity index (χ1n) is 10.8. The summed E-state index contributed by atoms with van der Waals surface area (Å²) >= 11 is 0.